The van der Waals surface area contributed by atoms with Crippen LogP contribution in [0.25, 0.3) is 33.5 Å². The van der Waals surface area contributed by atoms with Crippen molar-refractivity contribution in [3.63, 3.8) is 0 Å². The number of nitrogen functional groups attached to an aromatic ring is 1. The molecule has 0 atom stereocenters. The van der Waals surface area contributed by atoms with Crippen LogP contribution >= 0.6 is 0 Å². The van der Waals surface area contributed by atoms with Gasteiger partial charge in [-0.15, -0.1) is 0 Å². The summed E-state index contributed by atoms with van der Waals surface area (Å²) >= 11 is 0. The maximum Gasteiger partial charge on any atom is 0.139 e. The highest BCUT2D eigenvalue weighted by Gasteiger charge is 2.18. The number of nitrogens with two attached hydrogens (primary N) is 1. The summed E-state index contributed by atoms with van der Waals surface area (Å²) in [6.45, 7) is 0. The molecule has 0 unspecified atom stereocenters. The second-order valence-corrected chi connectivity index (χ2v) is 5.70. The van der Waals surface area contributed by atoms with Gasteiger partial charge in [-0.1, -0.05) is 0 Å². The van der Waals surface area contributed by atoms with Gasteiger partial charge >= 0.3 is 0 Å². The summed E-state index contributed by atoms with van der Waals surface area (Å²) in [7, 11) is 3.23. The maximum absolute atomic E-state index is 5.87. The van der Waals surface area contributed by atoms with Gasteiger partial charge in [-0.25, -0.2) is 4.98 Å². The smallest absolute Gasteiger partial charge is 0.139 e. The van der Waals surface area contributed by atoms with E-state index in [4.69, 9.17) is 15.2 Å². The molecular weight excluding hydrogens is 330 g/mol. The molecule has 3 N–H and O–H groups in total. The predicted molar refractivity (Wildman–Crippen MR) is 100 cm³/mol. The van der Waals surface area contributed by atoms with Crippen molar-refractivity contribution in [2.24, 2.45) is 0 Å². The Kier molecular flexibility index (Phi) is 3.89. The molecule has 4 aromatic rings. The van der Waals surface area contributed by atoms with Crippen molar-refractivity contribution in [1.29, 1.82) is 0 Å². The first-order valence-electron chi connectivity index (χ1n) is 7.97. The van der Waals surface area contributed by atoms with Crippen molar-refractivity contribution in [1.82, 2.24) is 19.9 Å². The molecule has 4 heterocycles. The van der Waals surface area contributed by atoms with Crippen LogP contribution in [0.3, 0.4) is 0 Å². The molecule has 0 aromatic carbocycles. The quantitative estimate of drug-likeness (QED) is 0.588. The summed E-state index contributed by atoms with van der Waals surface area (Å²) in [5, 5.41) is 0. The molecule has 7 nitrogen and oxygen atoms in total. The average Bonchev–Trinajstić information content (AvgIpc) is 3.06. The van der Waals surface area contributed by atoms with E-state index in [2.05, 4.69) is 19.9 Å². The minimum atomic E-state index is 0.445. The lowest BCUT2D eigenvalue weighted by molar-refractivity contribution is 0.413. The second kappa shape index (κ2) is 6.36. The van der Waals surface area contributed by atoms with Crippen LogP contribution < -0.4 is 15.2 Å². The molecule has 0 spiro atoms. The molecule has 26 heavy (non-hydrogen) atoms. The van der Waals surface area contributed by atoms with Gasteiger partial charge in [-0.3, -0.25) is 9.97 Å². The Hall–Kier alpha value is -3.61. The van der Waals surface area contributed by atoms with Gasteiger partial charge in [0.1, 0.15) is 17.3 Å². The number of rotatable bonds is 4. The number of aromatic amines is 1. The number of pyridine rings is 3. The first-order valence-corrected chi connectivity index (χ1v) is 7.97. The van der Waals surface area contributed by atoms with E-state index in [1.165, 1.54) is 0 Å². The zero-order valence-corrected chi connectivity index (χ0v) is 14.4. The van der Waals surface area contributed by atoms with Gasteiger partial charge in [0.05, 0.1) is 54.6 Å². The van der Waals surface area contributed by atoms with E-state index in [0.29, 0.717) is 17.3 Å². The Balaban J connectivity index is 1.99. The van der Waals surface area contributed by atoms with Gasteiger partial charge in [-0.05, 0) is 24.3 Å². The van der Waals surface area contributed by atoms with Crippen molar-refractivity contribution in [3.05, 3.63) is 48.9 Å². The van der Waals surface area contributed by atoms with Crippen LogP contribution in [-0.4, -0.2) is 34.2 Å². The van der Waals surface area contributed by atoms with Crippen LogP contribution in [0.1, 0.15) is 0 Å². The molecule has 0 fully saturated rings. The number of nitrogens with one attached hydrogen (secondary N) is 1. The van der Waals surface area contributed by atoms with Gasteiger partial charge in [0, 0.05) is 17.8 Å². The Morgan fingerprint density at radius 3 is 2.42 bits per heavy atom. The molecule has 7 heteroatoms. The largest absolute Gasteiger partial charge is 0.495 e. The van der Waals surface area contributed by atoms with Crippen LogP contribution in [0.2, 0.25) is 0 Å². The van der Waals surface area contributed by atoms with Gasteiger partial charge in [0.25, 0.3) is 0 Å². The molecule has 4 aromatic heterocycles. The monoisotopic (exact) mass is 347 g/mol. The fourth-order valence-corrected chi connectivity index (χ4v) is 2.89. The minimum Gasteiger partial charge on any atom is -0.495 e. The number of hydrogen-bond donors (Lipinski definition) is 2. The molecule has 0 aliphatic heterocycles. The minimum absolute atomic E-state index is 0.445. The summed E-state index contributed by atoms with van der Waals surface area (Å²) in [5.74, 6) is 1.81. The first-order chi connectivity index (χ1) is 12.7. The number of ether oxygens (including phenoxy) is 2. The molecule has 0 saturated heterocycles. The lowest BCUT2D eigenvalue weighted by atomic mass is 10.0. The van der Waals surface area contributed by atoms with Gasteiger partial charge in [0.15, 0.2) is 0 Å². The van der Waals surface area contributed by atoms with Crippen molar-refractivity contribution < 1.29 is 9.47 Å². The lowest BCUT2D eigenvalue weighted by Gasteiger charge is -2.06. The number of methoxy groups -OCH3 is 2. The van der Waals surface area contributed by atoms with Crippen molar-refractivity contribution >= 4 is 16.9 Å². The van der Waals surface area contributed by atoms with Crippen molar-refractivity contribution in [2.75, 3.05) is 20.0 Å². The van der Waals surface area contributed by atoms with Crippen molar-refractivity contribution in [3.8, 4) is 34.0 Å². The Morgan fingerprint density at radius 2 is 1.73 bits per heavy atom. The summed E-state index contributed by atoms with van der Waals surface area (Å²) in [4.78, 5) is 16.6. The number of nitrogens with zero attached hydrogens (tertiary/aromatic N) is 3. The van der Waals surface area contributed by atoms with Crippen LogP contribution in [0.4, 0.5) is 5.82 Å². The Morgan fingerprint density at radius 1 is 0.923 bits per heavy atom. The van der Waals surface area contributed by atoms with Gasteiger partial charge < -0.3 is 20.2 Å². The summed E-state index contributed by atoms with van der Waals surface area (Å²) in [5.41, 5.74) is 11.0. The van der Waals surface area contributed by atoms with Crippen LogP contribution in [0, 0.1) is 0 Å². The van der Waals surface area contributed by atoms with Crippen LogP contribution in [-0.2, 0) is 0 Å². The highest BCUT2D eigenvalue weighted by molar-refractivity contribution is 6.01. The van der Waals surface area contributed by atoms with E-state index in [0.717, 1.165) is 33.5 Å². The zero-order valence-electron chi connectivity index (χ0n) is 14.4. The SMILES string of the molecule is COc1ccc(-c2c(-c3ccnc(N)c3)[nH]c3cc(OC)cnc23)nc1. The van der Waals surface area contributed by atoms with Gasteiger partial charge in [-0.2, -0.15) is 0 Å². The van der Waals surface area contributed by atoms with E-state index >= 15 is 0 Å². The standard InChI is InChI=1S/C19H17N5O2/c1-25-12-3-4-14(22-9-12)17-18(11-5-6-21-16(20)7-11)24-15-8-13(26-2)10-23-19(15)17/h3-10,24H,1-2H3,(H2,20,21). The fraction of sp³-hybridized carbons (Fsp3) is 0.105. The molecule has 130 valence electrons. The van der Waals surface area contributed by atoms with E-state index in [-0.39, 0.29) is 0 Å². The molecule has 0 aliphatic carbocycles. The van der Waals surface area contributed by atoms with Crippen LogP contribution in [0.15, 0.2) is 48.9 Å². The number of aromatic nitrogens is 4. The molecule has 4 rings (SSSR count). The molecule has 0 radical (unpaired) electrons. The normalized spacial score (nSPS) is 10.8. The topological polar surface area (TPSA) is 98.9 Å². The highest BCUT2D eigenvalue weighted by Crippen LogP contribution is 2.37. The van der Waals surface area contributed by atoms with Crippen molar-refractivity contribution in [2.45, 2.75) is 0 Å². The summed E-state index contributed by atoms with van der Waals surface area (Å²) in [6, 6.07) is 9.39. The van der Waals surface area contributed by atoms with Gasteiger partial charge in [0.2, 0.25) is 0 Å². The third-order valence-electron chi connectivity index (χ3n) is 4.14. The fourth-order valence-electron chi connectivity index (χ4n) is 2.89. The molecule has 0 amide bonds. The first kappa shape index (κ1) is 15.9. The maximum atomic E-state index is 5.87. The second-order valence-electron chi connectivity index (χ2n) is 5.70. The Labute approximate surface area is 149 Å². The number of anilines is 1. The molecule has 0 bridgehead atoms. The zero-order chi connectivity index (χ0) is 18.1. The molecule has 0 saturated carbocycles. The number of fused-ring (bicyclic) bond motifs is 1. The van der Waals surface area contributed by atoms with E-state index in [1.54, 1.807) is 32.8 Å². The van der Waals surface area contributed by atoms with Crippen LogP contribution in [0.5, 0.6) is 11.5 Å². The molecule has 0 aliphatic rings. The third-order valence-corrected chi connectivity index (χ3v) is 4.14. The highest BCUT2D eigenvalue weighted by atomic mass is 16.5. The average molecular weight is 347 g/mol. The summed E-state index contributed by atoms with van der Waals surface area (Å²) < 4.78 is 10.5. The predicted octanol–water partition coefficient (Wildman–Crippen LogP) is 3.29. The van der Waals surface area contributed by atoms with E-state index in [9.17, 15) is 0 Å². The third kappa shape index (κ3) is 2.69. The molecular formula is C19H17N5O2. The lowest BCUT2D eigenvalue weighted by Crippen LogP contribution is -1.92. The Bertz CT molecular complexity index is 1070. The number of hydrogen-bond acceptors (Lipinski definition) is 6. The van der Waals surface area contributed by atoms with E-state index < -0.39 is 0 Å². The summed E-state index contributed by atoms with van der Waals surface area (Å²) in [6.07, 6.45) is 5.05. The number of H-pyrrole nitrogens is 1. The van der Waals surface area contributed by atoms with E-state index in [1.807, 2.05) is 30.3 Å².